The minimum absolute atomic E-state index is 0.126. The van der Waals surface area contributed by atoms with Gasteiger partial charge in [0, 0.05) is 19.0 Å². The van der Waals surface area contributed by atoms with Gasteiger partial charge in [0.2, 0.25) is 11.7 Å². The fraction of sp³-hybridized carbons (Fsp3) is 0.300. The number of aryl methyl sites for hydroxylation is 1. The van der Waals surface area contributed by atoms with Gasteiger partial charge in [0.25, 0.3) is 0 Å². The molecule has 19 heavy (non-hydrogen) atoms. The van der Waals surface area contributed by atoms with Gasteiger partial charge in [0.05, 0.1) is 4.92 Å². The van der Waals surface area contributed by atoms with Gasteiger partial charge < -0.3 is 15.6 Å². The molecule has 2 rings (SSSR count). The van der Waals surface area contributed by atoms with Crippen molar-refractivity contribution in [2.45, 2.75) is 13.3 Å². The molecule has 0 aliphatic heterocycles. The highest BCUT2D eigenvalue weighted by molar-refractivity contribution is 5.59. The van der Waals surface area contributed by atoms with E-state index >= 15 is 0 Å². The van der Waals surface area contributed by atoms with E-state index in [0.717, 1.165) is 0 Å². The summed E-state index contributed by atoms with van der Waals surface area (Å²) in [7, 11) is 0. The van der Waals surface area contributed by atoms with Crippen LogP contribution in [0.4, 0.5) is 17.3 Å². The summed E-state index contributed by atoms with van der Waals surface area (Å²) < 4.78 is 4.92. The lowest BCUT2D eigenvalue weighted by molar-refractivity contribution is -0.384. The van der Waals surface area contributed by atoms with Crippen LogP contribution in [0.3, 0.4) is 0 Å². The summed E-state index contributed by atoms with van der Waals surface area (Å²) in [4.78, 5) is 18.2. The van der Waals surface area contributed by atoms with Crippen LogP contribution in [-0.2, 0) is 6.42 Å². The van der Waals surface area contributed by atoms with Crippen molar-refractivity contribution in [3.63, 3.8) is 0 Å². The molecule has 0 bridgehead atoms. The molecule has 0 saturated heterocycles. The SMILES string of the molecule is Cc1noc(CCNc2nc(N)ccc2[N+](=O)[O-])n1. The summed E-state index contributed by atoms with van der Waals surface area (Å²) in [6.07, 6.45) is 0.439. The first-order valence-corrected chi connectivity index (χ1v) is 5.50. The highest BCUT2D eigenvalue weighted by Gasteiger charge is 2.15. The number of aromatic nitrogens is 3. The number of pyridine rings is 1. The van der Waals surface area contributed by atoms with Crippen molar-refractivity contribution in [3.05, 3.63) is 34.0 Å². The molecular formula is C10H12N6O3. The van der Waals surface area contributed by atoms with Crippen LogP contribution in [0.2, 0.25) is 0 Å². The molecule has 0 unspecified atom stereocenters. The Balaban J connectivity index is 2.02. The third-order valence-electron chi connectivity index (χ3n) is 2.29. The quantitative estimate of drug-likeness (QED) is 0.601. The highest BCUT2D eigenvalue weighted by Crippen LogP contribution is 2.22. The molecule has 9 nitrogen and oxygen atoms in total. The van der Waals surface area contributed by atoms with Gasteiger partial charge in [-0.2, -0.15) is 4.98 Å². The third kappa shape index (κ3) is 3.15. The van der Waals surface area contributed by atoms with Crippen LogP contribution in [-0.4, -0.2) is 26.6 Å². The van der Waals surface area contributed by atoms with Crippen molar-refractivity contribution in [2.24, 2.45) is 0 Å². The van der Waals surface area contributed by atoms with E-state index in [-0.39, 0.29) is 17.3 Å². The zero-order chi connectivity index (χ0) is 13.8. The lowest BCUT2D eigenvalue weighted by Gasteiger charge is -2.05. The molecule has 3 N–H and O–H groups in total. The summed E-state index contributed by atoms with van der Waals surface area (Å²) in [6, 6.07) is 2.69. The number of hydrogen-bond donors (Lipinski definition) is 2. The second-order valence-electron chi connectivity index (χ2n) is 3.77. The Morgan fingerprint density at radius 3 is 2.89 bits per heavy atom. The van der Waals surface area contributed by atoms with Crippen molar-refractivity contribution < 1.29 is 9.45 Å². The normalized spacial score (nSPS) is 10.4. The third-order valence-corrected chi connectivity index (χ3v) is 2.29. The van der Waals surface area contributed by atoms with Gasteiger partial charge in [0.1, 0.15) is 5.82 Å². The summed E-state index contributed by atoms with van der Waals surface area (Å²) in [6.45, 7) is 2.09. The van der Waals surface area contributed by atoms with Crippen LogP contribution in [0.5, 0.6) is 0 Å². The molecule has 2 aromatic rings. The van der Waals surface area contributed by atoms with Crippen molar-refractivity contribution in [3.8, 4) is 0 Å². The number of nitro groups is 1. The van der Waals surface area contributed by atoms with Gasteiger partial charge in [-0.15, -0.1) is 0 Å². The number of anilines is 2. The summed E-state index contributed by atoms with van der Waals surface area (Å²) in [5, 5.41) is 17.3. The smallest absolute Gasteiger partial charge is 0.311 e. The maximum absolute atomic E-state index is 10.8. The molecule has 0 amide bonds. The van der Waals surface area contributed by atoms with E-state index in [4.69, 9.17) is 10.3 Å². The van der Waals surface area contributed by atoms with Crippen LogP contribution in [0, 0.1) is 17.0 Å². The molecule has 9 heteroatoms. The van der Waals surface area contributed by atoms with Gasteiger partial charge >= 0.3 is 5.69 Å². The topological polar surface area (TPSA) is 133 Å². The van der Waals surface area contributed by atoms with E-state index < -0.39 is 4.92 Å². The predicted molar refractivity (Wildman–Crippen MR) is 66.5 cm³/mol. The molecule has 2 heterocycles. The van der Waals surface area contributed by atoms with E-state index in [0.29, 0.717) is 24.7 Å². The minimum Gasteiger partial charge on any atom is -0.384 e. The molecule has 0 fully saturated rings. The van der Waals surface area contributed by atoms with E-state index in [2.05, 4.69) is 20.4 Å². The second-order valence-corrected chi connectivity index (χ2v) is 3.77. The number of nitrogens with one attached hydrogen (secondary N) is 1. The van der Waals surface area contributed by atoms with Crippen molar-refractivity contribution in [1.29, 1.82) is 0 Å². The average Bonchev–Trinajstić information content (AvgIpc) is 2.75. The van der Waals surface area contributed by atoms with Crippen LogP contribution in [0.15, 0.2) is 16.7 Å². The maximum Gasteiger partial charge on any atom is 0.311 e. The van der Waals surface area contributed by atoms with Crippen LogP contribution >= 0.6 is 0 Å². The maximum atomic E-state index is 10.8. The zero-order valence-corrected chi connectivity index (χ0v) is 10.2. The molecule has 100 valence electrons. The molecule has 0 saturated carbocycles. The fourth-order valence-corrected chi connectivity index (χ4v) is 1.47. The minimum atomic E-state index is -0.522. The summed E-state index contributed by atoms with van der Waals surface area (Å²) in [5.74, 6) is 1.34. The van der Waals surface area contributed by atoms with Crippen LogP contribution in [0.1, 0.15) is 11.7 Å². The van der Waals surface area contributed by atoms with Crippen LogP contribution in [0.25, 0.3) is 0 Å². The van der Waals surface area contributed by atoms with Gasteiger partial charge in [-0.05, 0) is 13.0 Å². The zero-order valence-electron chi connectivity index (χ0n) is 10.2. The predicted octanol–water partition coefficient (Wildman–Crippen LogP) is 0.918. The number of nitrogens with zero attached hydrogens (tertiary/aromatic N) is 4. The van der Waals surface area contributed by atoms with Crippen LogP contribution < -0.4 is 11.1 Å². The number of nitrogens with two attached hydrogens (primary N) is 1. The Morgan fingerprint density at radius 1 is 1.47 bits per heavy atom. The Bertz CT molecular complexity index is 597. The van der Waals surface area contributed by atoms with Crippen molar-refractivity contribution in [2.75, 3.05) is 17.6 Å². The van der Waals surface area contributed by atoms with E-state index in [1.807, 2.05) is 0 Å². The lowest BCUT2D eigenvalue weighted by Crippen LogP contribution is -2.09. The fourth-order valence-electron chi connectivity index (χ4n) is 1.47. The van der Waals surface area contributed by atoms with Gasteiger partial charge in [-0.25, -0.2) is 4.98 Å². The van der Waals surface area contributed by atoms with Gasteiger partial charge in [-0.3, -0.25) is 10.1 Å². The Kier molecular flexibility index (Phi) is 3.55. The Labute approximate surface area is 108 Å². The lowest BCUT2D eigenvalue weighted by atomic mass is 10.3. The molecule has 0 aromatic carbocycles. The number of hydrogen-bond acceptors (Lipinski definition) is 8. The Morgan fingerprint density at radius 2 is 2.26 bits per heavy atom. The molecule has 0 aliphatic carbocycles. The number of nitrogen functional groups attached to an aromatic ring is 1. The highest BCUT2D eigenvalue weighted by atomic mass is 16.6. The monoisotopic (exact) mass is 264 g/mol. The van der Waals surface area contributed by atoms with Gasteiger partial charge in [-0.1, -0.05) is 5.16 Å². The first kappa shape index (κ1) is 12.7. The Hall–Kier alpha value is -2.71. The molecule has 2 aromatic heterocycles. The first-order chi connectivity index (χ1) is 9.06. The summed E-state index contributed by atoms with van der Waals surface area (Å²) in [5.41, 5.74) is 5.37. The van der Waals surface area contributed by atoms with Crippen molar-refractivity contribution >= 4 is 17.3 Å². The standard InChI is InChI=1S/C10H12N6O3/c1-6-13-9(19-15-6)4-5-12-10-7(16(17)18)2-3-8(11)14-10/h2-3H,4-5H2,1H3,(H3,11,12,14). The average molecular weight is 264 g/mol. The summed E-state index contributed by atoms with van der Waals surface area (Å²) >= 11 is 0. The molecule has 0 aliphatic rings. The van der Waals surface area contributed by atoms with Crippen molar-refractivity contribution in [1.82, 2.24) is 15.1 Å². The van der Waals surface area contributed by atoms with E-state index in [1.54, 1.807) is 6.92 Å². The second kappa shape index (κ2) is 5.29. The molecule has 0 radical (unpaired) electrons. The molecule has 0 atom stereocenters. The van der Waals surface area contributed by atoms with E-state index in [9.17, 15) is 10.1 Å². The van der Waals surface area contributed by atoms with Gasteiger partial charge in [0.15, 0.2) is 5.82 Å². The first-order valence-electron chi connectivity index (χ1n) is 5.50. The molecular weight excluding hydrogens is 252 g/mol. The largest absolute Gasteiger partial charge is 0.384 e. The molecule has 0 spiro atoms. The van der Waals surface area contributed by atoms with E-state index in [1.165, 1.54) is 12.1 Å². The number of rotatable bonds is 5.